The number of hydrogen-bond acceptors (Lipinski definition) is 3. The van der Waals surface area contributed by atoms with Crippen molar-refractivity contribution < 1.29 is 13.2 Å². The van der Waals surface area contributed by atoms with E-state index in [1.54, 1.807) is 28.6 Å². The lowest BCUT2D eigenvalue weighted by molar-refractivity contribution is -0.121. The maximum absolute atomic E-state index is 12.5. The molecule has 138 valence electrons. The number of carbonyl (C=O) groups is 1. The summed E-state index contributed by atoms with van der Waals surface area (Å²) in [6.45, 7) is 1.73. The molecule has 1 fully saturated rings. The highest BCUT2D eigenvalue weighted by Crippen LogP contribution is 2.21. The van der Waals surface area contributed by atoms with Crippen LogP contribution in [0.1, 0.15) is 30.4 Å². The van der Waals surface area contributed by atoms with Crippen LogP contribution in [0.25, 0.3) is 0 Å². The molecule has 6 heteroatoms. The van der Waals surface area contributed by atoms with E-state index in [1.807, 2.05) is 30.3 Å². The van der Waals surface area contributed by atoms with E-state index in [0.717, 1.165) is 24.0 Å². The summed E-state index contributed by atoms with van der Waals surface area (Å²) < 4.78 is 26.5. The lowest BCUT2D eigenvalue weighted by atomic mass is 10.1. The average Bonchev–Trinajstić information content (AvgIpc) is 3.21. The molecule has 1 N–H and O–H groups in total. The van der Waals surface area contributed by atoms with Crippen molar-refractivity contribution in [1.29, 1.82) is 0 Å². The molecule has 0 aliphatic carbocycles. The van der Waals surface area contributed by atoms with Gasteiger partial charge in [0.25, 0.3) is 0 Å². The van der Waals surface area contributed by atoms with Crippen LogP contribution >= 0.6 is 0 Å². The first-order chi connectivity index (χ1) is 12.6. The third kappa shape index (κ3) is 4.71. The van der Waals surface area contributed by atoms with Crippen molar-refractivity contribution in [1.82, 2.24) is 9.62 Å². The highest BCUT2D eigenvalue weighted by atomic mass is 32.2. The summed E-state index contributed by atoms with van der Waals surface area (Å²) in [5, 5.41) is 2.90. The first kappa shape index (κ1) is 18.6. The third-order valence-corrected chi connectivity index (χ3v) is 6.51. The van der Waals surface area contributed by atoms with E-state index in [9.17, 15) is 13.2 Å². The number of rotatable bonds is 7. The Bertz CT molecular complexity index is 827. The molecule has 2 aromatic carbocycles. The van der Waals surface area contributed by atoms with Gasteiger partial charge in [0.05, 0.1) is 4.90 Å². The van der Waals surface area contributed by atoms with Crippen LogP contribution in [0.5, 0.6) is 0 Å². The molecule has 3 rings (SSSR count). The van der Waals surface area contributed by atoms with E-state index in [1.165, 1.54) is 0 Å². The Morgan fingerprint density at radius 1 is 0.923 bits per heavy atom. The lowest BCUT2D eigenvalue weighted by Gasteiger charge is -2.15. The molecule has 0 saturated carbocycles. The number of sulfonamides is 1. The maximum atomic E-state index is 12.5. The summed E-state index contributed by atoms with van der Waals surface area (Å²) in [7, 11) is -3.37. The molecule has 0 radical (unpaired) electrons. The number of carbonyl (C=O) groups excluding carboxylic acids is 1. The van der Waals surface area contributed by atoms with E-state index in [0.29, 0.717) is 37.4 Å². The van der Waals surface area contributed by atoms with Crippen molar-refractivity contribution >= 4 is 15.9 Å². The molecular formula is C20H24N2O3S. The Morgan fingerprint density at radius 3 is 2.23 bits per heavy atom. The number of hydrogen-bond donors (Lipinski definition) is 1. The minimum atomic E-state index is -3.37. The Labute approximate surface area is 155 Å². The first-order valence-electron chi connectivity index (χ1n) is 8.95. The Balaban J connectivity index is 1.50. The second-order valence-corrected chi connectivity index (χ2v) is 8.46. The average molecular weight is 372 g/mol. The topological polar surface area (TPSA) is 66.5 Å². The molecule has 26 heavy (non-hydrogen) atoms. The van der Waals surface area contributed by atoms with Gasteiger partial charge in [-0.15, -0.1) is 0 Å². The third-order valence-electron chi connectivity index (χ3n) is 4.60. The summed E-state index contributed by atoms with van der Waals surface area (Å²) in [5.41, 5.74) is 2.03. The zero-order valence-corrected chi connectivity index (χ0v) is 15.5. The van der Waals surface area contributed by atoms with E-state index in [-0.39, 0.29) is 5.91 Å². The summed E-state index contributed by atoms with van der Waals surface area (Å²) >= 11 is 0. The number of aryl methyl sites for hydroxylation is 1. The molecule has 0 bridgehead atoms. The molecule has 0 spiro atoms. The molecule has 2 aromatic rings. The monoisotopic (exact) mass is 372 g/mol. The van der Waals surface area contributed by atoms with Crippen molar-refractivity contribution in [2.75, 3.05) is 13.1 Å². The van der Waals surface area contributed by atoms with Crippen LogP contribution < -0.4 is 5.32 Å². The molecule has 1 amide bonds. The number of nitrogens with zero attached hydrogens (tertiary/aromatic N) is 1. The summed E-state index contributed by atoms with van der Waals surface area (Å²) in [4.78, 5) is 12.3. The van der Waals surface area contributed by atoms with Gasteiger partial charge in [-0.1, -0.05) is 42.5 Å². The second-order valence-electron chi connectivity index (χ2n) is 6.52. The van der Waals surface area contributed by atoms with Crippen LogP contribution in [-0.4, -0.2) is 31.7 Å². The van der Waals surface area contributed by atoms with Gasteiger partial charge in [-0.2, -0.15) is 4.31 Å². The summed E-state index contributed by atoms with van der Waals surface area (Å²) in [5.74, 6) is -0.0115. The standard InChI is InChI=1S/C20H24N2O3S/c23-20(21-16-18-6-2-1-3-7-18)13-10-17-8-11-19(12-9-17)26(24,25)22-14-4-5-15-22/h1-3,6-9,11-12H,4-5,10,13-16H2,(H,21,23). The molecule has 0 unspecified atom stereocenters. The fraction of sp³-hybridized carbons (Fsp3) is 0.350. The van der Waals surface area contributed by atoms with E-state index in [4.69, 9.17) is 0 Å². The van der Waals surface area contributed by atoms with Gasteiger partial charge in [-0.25, -0.2) is 8.42 Å². The molecule has 1 heterocycles. The van der Waals surface area contributed by atoms with Gasteiger partial charge in [0.1, 0.15) is 0 Å². The first-order valence-corrected chi connectivity index (χ1v) is 10.4. The molecule has 0 aromatic heterocycles. The van der Waals surface area contributed by atoms with Gasteiger partial charge in [0, 0.05) is 26.1 Å². The molecular weight excluding hydrogens is 348 g/mol. The molecule has 0 atom stereocenters. The normalized spacial score (nSPS) is 15.1. The molecule has 5 nitrogen and oxygen atoms in total. The van der Waals surface area contributed by atoms with E-state index >= 15 is 0 Å². The van der Waals surface area contributed by atoms with Gasteiger partial charge >= 0.3 is 0 Å². The van der Waals surface area contributed by atoms with Crippen molar-refractivity contribution in [2.45, 2.75) is 37.1 Å². The smallest absolute Gasteiger partial charge is 0.243 e. The number of nitrogens with one attached hydrogen (secondary N) is 1. The number of benzene rings is 2. The zero-order chi connectivity index (χ0) is 18.4. The van der Waals surface area contributed by atoms with Crippen LogP contribution in [0.4, 0.5) is 0 Å². The van der Waals surface area contributed by atoms with E-state index in [2.05, 4.69) is 5.32 Å². The highest BCUT2D eigenvalue weighted by Gasteiger charge is 2.26. The van der Waals surface area contributed by atoms with Gasteiger partial charge in [0.2, 0.25) is 15.9 Å². The fourth-order valence-electron chi connectivity index (χ4n) is 3.05. The van der Waals surface area contributed by atoms with Gasteiger partial charge in [-0.05, 0) is 42.5 Å². The van der Waals surface area contributed by atoms with Gasteiger partial charge < -0.3 is 5.32 Å². The van der Waals surface area contributed by atoms with Crippen LogP contribution in [0, 0.1) is 0 Å². The lowest BCUT2D eigenvalue weighted by Crippen LogP contribution is -2.27. The van der Waals surface area contributed by atoms with Crippen LogP contribution in [-0.2, 0) is 27.8 Å². The zero-order valence-electron chi connectivity index (χ0n) is 14.7. The van der Waals surface area contributed by atoms with Crippen LogP contribution in [0.3, 0.4) is 0 Å². The predicted octanol–water partition coefficient (Wildman–Crippen LogP) is 2.72. The largest absolute Gasteiger partial charge is 0.352 e. The maximum Gasteiger partial charge on any atom is 0.243 e. The number of amides is 1. The Hall–Kier alpha value is -2.18. The van der Waals surface area contributed by atoms with Crippen LogP contribution in [0.15, 0.2) is 59.5 Å². The quantitative estimate of drug-likeness (QED) is 0.813. The van der Waals surface area contributed by atoms with Crippen molar-refractivity contribution in [3.63, 3.8) is 0 Å². The summed E-state index contributed by atoms with van der Waals surface area (Å²) in [6.07, 6.45) is 2.82. The molecule has 1 aliphatic rings. The Morgan fingerprint density at radius 2 is 1.58 bits per heavy atom. The minimum absolute atomic E-state index is 0.0115. The van der Waals surface area contributed by atoms with Crippen molar-refractivity contribution in [3.05, 3.63) is 65.7 Å². The Kier molecular flexibility index (Phi) is 6.06. The highest BCUT2D eigenvalue weighted by molar-refractivity contribution is 7.89. The second kappa shape index (κ2) is 8.47. The van der Waals surface area contributed by atoms with Crippen LogP contribution in [0.2, 0.25) is 0 Å². The molecule has 1 saturated heterocycles. The van der Waals surface area contributed by atoms with Crippen molar-refractivity contribution in [3.8, 4) is 0 Å². The fourth-order valence-corrected chi connectivity index (χ4v) is 4.57. The van der Waals surface area contributed by atoms with Crippen molar-refractivity contribution in [2.24, 2.45) is 0 Å². The summed E-state index contributed by atoms with van der Waals surface area (Å²) in [6, 6.07) is 16.7. The molecule has 1 aliphatic heterocycles. The predicted molar refractivity (Wildman–Crippen MR) is 101 cm³/mol. The minimum Gasteiger partial charge on any atom is -0.352 e. The van der Waals surface area contributed by atoms with E-state index < -0.39 is 10.0 Å². The van der Waals surface area contributed by atoms with Gasteiger partial charge in [-0.3, -0.25) is 4.79 Å². The SMILES string of the molecule is O=C(CCc1ccc(S(=O)(=O)N2CCCC2)cc1)NCc1ccccc1. The van der Waals surface area contributed by atoms with Gasteiger partial charge in [0.15, 0.2) is 0 Å².